The Kier molecular flexibility index (Phi) is 5.56. The van der Waals surface area contributed by atoms with Gasteiger partial charge in [0.1, 0.15) is 12.4 Å². The fourth-order valence-corrected chi connectivity index (χ4v) is 3.12. The molecule has 0 unspecified atom stereocenters. The molecule has 5 nitrogen and oxygen atoms in total. The quantitative estimate of drug-likeness (QED) is 0.790. The molecule has 0 bridgehead atoms. The normalized spacial score (nSPS) is 20.9. The van der Waals surface area contributed by atoms with Crippen molar-refractivity contribution in [3.63, 3.8) is 0 Å². The van der Waals surface area contributed by atoms with Crippen molar-refractivity contribution in [3.8, 4) is 5.75 Å². The summed E-state index contributed by atoms with van der Waals surface area (Å²) >= 11 is 0. The molecular formula is C19H23N3O2. The lowest BCUT2D eigenvalue weighted by Gasteiger charge is -2.16. The molecule has 24 heavy (non-hydrogen) atoms. The van der Waals surface area contributed by atoms with E-state index in [0.29, 0.717) is 13.2 Å². The van der Waals surface area contributed by atoms with E-state index in [1.165, 1.54) is 5.56 Å². The summed E-state index contributed by atoms with van der Waals surface area (Å²) in [6.45, 7) is 6.51. The lowest BCUT2D eigenvalue weighted by Crippen LogP contribution is -2.21. The van der Waals surface area contributed by atoms with Crippen LogP contribution in [0.1, 0.15) is 11.3 Å². The summed E-state index contributed by atoms with van der Waals surface area (Å²) in [7, 11) is 0. The molecule has 1 aromatic carbocycles. The van der Waals surface area contributed by atoms with E-state index >= 15 is 0 Å². The average molecular weight is 325 g/mol. The number of aliphatic hydroxyl groups is 1. The number of nitrogens with zero attached hydrogens (tertiary/aromatic N) is 3. The number of rotatable bonds is 7. The average Bonchev–Trinajstić information content (AvgIpc) is 2.93. The number of aliphatic hydroxyl groups excluding tert-OH is 1. The van der Waals surface area contributed by atoms with Crippen molar-refractivity contribution in [2.75, 3.05) is 19.7 Å². The van der Waals surface area contributed by atoms with Crippen molar-refractivity contribution < 1.29 is 9.84 Å². The van der Waals surface area contributed by atoms with Crippen LogP contribution in [0.4, 0.5) is 0 Å². The second kappa shape index (κ2) is 8.04. The van der Waals surface area contributed by atoms with Crippen LogP contribution >= 0.6 is 0 Å². The van der Waals surface area contributed by atoms with Gasteiger partial charge in [-0.25, -0.2) is 0 Å². The largest absolute Gasteiger partial charge is 0.490 e. The van der Waals surface area contributed by atoms with E-state index in [-0.39, 0.29) is 12.0 Å². The first-order valence-electron chi connectivity index (χ1n) is 8.22. The molecule has 5 heteroatoms. The summed E-state index contributed by atoms with van der Waals surface area (Å²) in [6.07, 6.45) is 7.31. The number of aromatic nitrogens is 2. The van der Waals surface area contributed by atoms with Gasteiger partial charge in [-0.1, -0.05) is 24.8 Å². The Bertz CT molecular complexity index is 663. The van der Waals surface area contributed by atoms with Crippen LogP contribution in [-0.2, 0) is 13.0 Å². The third kappa shape index (κ3) is 4.40. The highest BCUT2D eigenvalue weighted by atomic mass is 16.5. The summed E-state index contributed by atoms with van der Waals surface area (Å²) in [5.41, 5.74) is 2.12. The molecule has 2 atom stereocenters. The number of benzene rings is 1. The molecule has 2 aromatic rings. The highest BCUT2D eigenvalue weighted by Gasteiger charge is 2.31. The van der Waals surface area contributed by atoms with Crippen LogP contribution in [0.2, 0.25) is 0 Å². The van der Waals surface area contributed by atoms with Gasteiger partial charge in [0.05, 0.1) is 11.8 Å². The van der Waals surface area contributed by atoms with Crippen LogP contribution in [0.15, 0.2) is 55.5 Å². The maximum Gasteiger partial charge on any atom is 0.120 e. The molecule has 126 valence electrons. The van der Waals surface area contributed by atoms with Gasteiger partial charge < -0.3 is 9.84 Å². The monoisotopic (exact) mass is 325 g/mol. The van der Waals surface area contributed by atoms with Crippen LogP contribution in [0, 0.1) is 5.92 Å². The fourth-order valence-electron chi connectivity index (χ4n) is 3.12. The van der Waals surface area contributed by atoms with Gasteiger partial charge in [0, 0.05) is 44.1 Å². The lowest BCUT2D eigenvalue weighted by molar-refractivity contribution is 0.140. The number of β-amino-alcohol motifs (C(OH)–C–C–N with tert-alkyl or cyclic N) is 1. The Labute approximate surface area is 142 Å². The molecule has 0 radical (unpaired) electrons. The van der Waals surface area contributed by atoms with Gasteiger partial charge in [-0.15, -0.1) is 0 Å². The van der Waals surface area contributed by atoms with Crippen LogP contribution in [0.5, 0.6) is 5.75 Å². The second-order valence-corrected chi connectivity index (χ2v) is 6.17. The molecule has 2 heterocycles. The zero-order valence-corrected chi connectivity index (χ0v) is 13.7. The molecule has 0 spiro atoms. The smallest absolute Gasteiger partial charge is 0.120 e. The highest BCUT2D eigenvalue weighted by Crippen LogP contribution is 2.23. The molecule has 0 saturated carbocycles. The van der Waals surface area contributed by atoms with Gasteiger partial charge in [0.25, 0.3) is 0 Å². The van der Waals surface area contributed by atoms with Crippen LogP contribution in [0.3, 0.4) is 0 Å². The molecule has 1 aliphatic heterocycles. The number of hydrogen-bond donors (Lipinski definition) is 1. The molecule has 1 saturated heterocycles. The molecule has 0 aliphatic carbocycles. The topological polar surface area (TPSA) is 58.5 Å². The Morgan fingerprint density at radius 3 is 3.04 bits per heavy atom. The van der Waals surface area contributed by atoms with Crippen LogP contribution < -0.4 is 4.74 Å². The molecule has 1 N–H and O–H groups in total. The van der Waals surface area contributed by atoms with Crippen LogP contribution in [0.25, 0.3) is 0 Å². The van der Waals surface area contributed by atoms with E-state index < -0.39 is 0 Å². The van der Waals surface area contributed by atoms with Crippen molar-refractivity contribution in [2.24, 2.45) is 5.92 Å². The first-order chi connectivity index (χ1) is 11.7. The molecule has 3 rings (SSSR count). The molecule has 1 aliphatic rings. The van der Waals surface area contributed by atoms with Crippen molar-refractivity contribution in [2.45, 2.75) is 19.1 Å². The Balaban J connectivity index is 1.58. The minimum Gasteiger partial charge on any atom is -0.490 e. The van der Waals surface area contributed by atoms with Crippen molar-refractivity contribution >= 4 is 0 Å². The van der Waals surface area contributed by atoms with Crippen molar-refractivity contribution in [3.05, 3.63) is 66.8 Å². The predicted octanol–water partition coefficient (Wildman–Crippen LogP) is 2.08. The third-order valence-electron chi connectivity index (χ3n) is 4.24. The Morgan fingerprint density at radius 1 is 1.33 bits per heavy atom. The van der Waals surface area contributed by atoms with Crippen molar-refractivity contribution in [1.29, 1.82) is 0 Å². The van der Waals surface area contributed by atoms with Gasteiger partial charge in [-0.2, -0.15) is 0 Å². The zero-order valence-electron chi connectivity index (χ0n) is 13.7. The van der Waals surface area contributed by atoms with E-state index in [1.54, 1.807) is 24.7 Å². The van der Waals surface area contributed by atoms with Crippen molar-refractivity contribution in [1.82, 2.24) is 14.9 Å². The summed E-state index contributed by atoms with van der Waals surface area (Å²) in [5, 5.41) is 10.3. The zero-order chi connectivity index (χ0) is 16.8. The predicted molar refractivity (Wildman–Crippen MR) is 92.6 cm³/mol. The van der Waals surface area contributed by atoms with E-state index in [1.807, 2.05) is 18.2 Å². The fraction of sp³-hybridized carbons (Fsp3) is 0.368. The number of ether oxygens (including phenoxy) is 1. The van der Waals surface area contributed by atoms with Gasteiger partial charge in [-0.3, -0.25) is 14.9 Å². The second-order valence-electron chi connectivity index (χ2n) is 6.17. The van der Waals surface area contributed by atoms with Gasteiger partial charge in [0.15, 0.2) is 0 Å². The Hall–Kier alpha value is -2.24. The third-order valence-corrected chi connectivity index (χ3v) is 4.24. The van der Waals surface area contributed by atoms with E-state index in [0.717, 1.165) is 31.0 Å². The number of likely N-dealkylation sites (tertiary alicyclic amines) is 1. The van der Waals surface area contributed by atoms with Gasteiger partial charge in [-0.05, 0) is 24.1 Å². The molecule has 1 fully saturated rings. The van der Waals surface area contributed by atoms with Gasteiger partial charge in [0.2, 0.25) is 0 Å². The lowest BCUT2D eigenvalue weighted by atomic mass is 10.0. The summed E-state index contributed by atoms with van der Waals surface area (Å²) < 4.78 is 5.58. The Morgan fingerprint density at radius 2 is 2.25 bits per heavy atom. The first-order valence-corrected chi connectivity index (χ1v) is 8.22. The molecular weight excluding hydrogens is 302 g/mol. The maximum atomic E-state index is 10.3. The highest BCUT2D eigenvalue weighted by molar-refractivity contribution is 5.28. The minimum absolute atomic E-state index is 0.196. The summed E-state index contributed by atoms with van der Waals surface area (Å²) in [5.74, 6) is 1.05. The van der Waals surface area contributed by atoms with E-state index in [9.17, 15) is 5.11 Å². The molecule has 0 amide bonds. The first kappa shape index (κ1) is 16.6. The number of hydrogen-bond acceptors (Lipinski definition) is 5. The standard InChI is InChI=1S/C19H23N3O2/c1-2-8-24-18-5-3-4-15(9-18)12-22-13-16(19(23)14-22)10-17-11-20-6-7-21-17/h2-7,9,11,16,19,23H,1,8,10,12-14H2/t16-,19-/m1/s1. The maximum absolute atomic E-state index is 10.3. The summed E-state index contributed by atoms with van der Waals surface area (Å²) in [4.78, 5) is 10.7. The van der Waals surface area contributed by atoms with E-state index in [4.69, 9.17) is 4.74 Å². The van der Waals surface area contributed by atoms with E-state index in [2.05, 4.69) is 27.5 Å². The molecule has 1 aromatic heterocycles. The SMILES string of the molecule is C=CCOc1cccc(CN2C[C@@H](Cc3cnccn3)[C@H](O)C2)c1. The van der Waals surface area contributed by atoms with Gasteiger partial charge >= 0.3 is 0 Å². The summed E-state index contributed by atoms with van der Waals surface area (Å²) in [6, 6.07) is 8.08. The minimum atomic E-state index is -0.327. The van der Waals surface area contributed by atoms with Crippen LogP contribution in [-0.4, -0.2) is 45.8 Å².